The molecule has 4 heteroatoms. The Kier molecular flexibility index (Phi) is 4.88. The van der Waals surface area contributed by atoms with Gasteiger partial charge in [0.1, 0.15) is 6.26 Å². The van der Waals surface area contributed by atoms with Gasteiger partial charge in [0.2, 0.25) is 0 Å². The van der Waals surface area contributed by atoms with Gasteiger partial charge in [-0.1, -0.05) is 36.8 Å². The summed E-state index contributed by atoms with van der Waals surface area (Å²) < 4.78 is 5.03. The summed E-state index contributed by atoms with van der Waals surface area (Å²) in [5.41, 5.74) is 2.06. The van der Waals surface area contributed by atoms with Crippen molar-refractivity contribution < 1.29 is 9.21 Å². The van der Waals surface area contributed by atoms with Crippen LogP contribution >= 0.6 is 0 Å². The lowest BCUT2D eigenvalue weighted by molar-refractivity contribution is 0.0692. The maximum absolute atomic E-state index is 12.4. The molecule has 4 rings (SSSR count). The van der Waals surface area contributed by atoms with Gasteiger partial charge >= 0.3 is 0 Å². The van der Waals surface area contributed by atoms with Gasteiger partial charge in [0.25, 0.3) is 5.91 Å². The number of likely N-dealkylation sites (tertiary alicyclic amines) is 1. The molecule has 0 bridgehead atoms. The molecule has 1 saturated carbocycles. The van der Waals surface area contributed by atoms with Crippen molar-refractivity contribution >= 4 is 5.91 Å². The molecule has 25 heavy (non-hydrogen) atoms. The summed E-state index contributed by atoms with van der Waals surface area (Å²) in [5, 5.41) is 3.91. The Morgan fingerprint density at radius 3 is 2.44 bits per heavy atom. The van der Waals surface area contributed by atoms with Gasteiger partial charge in [-0.05, 0) is 43.2 Å². The Balaban J connectivity index is 1.36. The second-order valence-corrected chi connectivity index (χ2v) is 7.32. The predicted molar refractivity (Wildman–Crippen MR) is 97.3 cm³/mol. The van der Waals surface area contributed by atoms with Gasteiger partial charge < -0.3 is 14.6 Å². The average molecular weight is 338 g/mol. The van der Waals surface area contributed by atoms with Crippen molar-refractivity contribution in [1.29, 1.82) is 0 Å². The molecule has 1 N–H and O–H groups in total. The molecule has 1 saturated heterocycles. The summed E-state index contributed by atoms with van der Waals surface area (Å²) in [6.07, 6.45) is 9.13. The van der Waals surface area contributed by atoms with Crippen molar-refractivity contribution in [3.05, 3.63) is 60.1 Å². The first-order valence-corrected chi connectivity index (χ1v) is 9.44. The zero-order valence-electron chi connectivity index (χ0n) is 14.6. The minimum Gasteiger partial charge on any atom is -0.472 e. The molecule has 1 unspecified atom stereocenters. The fourth-order valence-electron chi connectivity index (χ4n) is 4.01. The van der Waals surface area contributed by atoms with Crippen LogP contribution in [-0.2, 0) is 0 Å². The molecule has 1 aromatic carbocycles. The van der Waals surface area contributed by atoms with Crippen LogP contribution in [0.5, 0.6) is 0 Å². The third-order valence-electron chi connectivity index (χ3n) is 5.75. The highest BCUT2D eigenvalue weighted by Crippen LogP contribution is 2.38. The summed E-state index contributed by atoms with van der Waals surface area (Å²) >= 11 is 0. The van der Waals surface area contributed by atoms with E-state index >= 15 is 0 Å². The van der Waals surface area contributed by atoms with Crippen LogP contribution in [0.15, 0.2) is 53.3 Å². The first-order chi connectivity index (χ1) is 12.3. The number of nitrogens with one attached hydrogen (secondary N) is 1. The van der Waals surface area contributed by atoms with E-state index in [2.05, 4.69) is 35.6 Å². The monoisotopic (exact) mass is 338 g/mol. The van der Waals surface area contributed by atoms with Crippen LogP contribution in [0.3, 0.4) is 0 Å². The zero-order valence-corrected chi connectivity index (χ0v) is 14.6. The number of benzene rings is 1. The molecule has 0 spiro atoms. The van der Waals surface area contributed by atoms with E-state index in [0.717, 1.165) is 31.8 Å². The quantitative estimate of drug-likeness (QED) is 0.896. The van der Waals surface area contributed by atoms with Crippen LogP contribution in [0.4, 0.5) is 0 Å². The molecule has 4 nitrogen and oxygen atoms in total. The first kappa shape index (κ1) is 16.4. The second-order valence-electron chi connectivity index (χ2n) is 7.32. The molecule has 1 aliphatic heterocycles. The maximum atomic E-state index is 12.4. The first-order valence-electron chi connectivity index (χ1n) is 9.44. The van der Waals surface area contributed by atoms with Gasteiger partial charge in [-0.3, -0.25) is 4.79 Å². The number of furan rings is 1. The molecule has 2 fully saturated rings. The van der Waals surface area contributed by atoms with E-state index in [9.17, 15) is 4.79 Å². The molecule has 1 aromatic heterocycles. The highest BCUT2D eigenvalue weighted by molar-refractivity contribution is 5.93. The molecule has 0 radical (unpaired) electrons. The Morgan fingerprint density at radius 2 is 1.84 bits per heavy atom. The van der Waals surface area contributed by atoms with Crippen LogP contribution in [0.25, 0.3) is 0 Å². The highest BCUT2D eigenvalue weighted by atomic mass is 16.3. The molecule has 132 valence electrons. The molecule has 1 atom stereocenters. The van der Waals surface area contributed by atoms with E-state index < -0.39 is 0 Å². The van der Waals surface area contributed by atoms with Gasteiger partial charge in [0.15, 0.2) is 0 Å². The third kappa shape index (κ3) is 3.64. The van der Waals surface area contributed by atoms with E-state index in [0.29, 0.717) is 17.6 Å². The second kappa shape index (κ2) is 7.44. The lowest BCUT2D eigenvalue weighted by Gasteiger charge is -2.40. The van der Waals surface area contributed by atoms with E-state index in [1.807, 2.05) is 4.90 Å². The lowest BCUT2D eigenvalue weighted by atomic mass is 9.76. The number of nitrogens with zero attached hydrogens (tertiary/aromatic N) is 1. The molecule has 1 aliphatic carbocycles. The number of hydrogen-bond donors (Lipinski definition) is 1. The lowest BCUT2D eigenvalue weighted by Crippen LogP contribution is -2.47. The SMILES string of the molecule is O=C(c1ccoc1)N1CCC(NC(c2ccccc2)C2CCC2)CC1. The van der Waals surface area contributed by atoms with Gasteiger partial charge in [-0.2, -0.15) is 0 Å². The topological polar surface area (TPSA) is 45.5 Å². The molecule has 2 heterocycles. The van der Waals surface area contributed by atoms with Crippen LogP contribution in [0.1, 0.15) is 54.1 Å². The van der Waals surface area contributed by atoms with Crippen molar-refractivity contribution in [2.75, 3.05) is 13.1 Å². The number of hydrogen-bond acceptors (Lipinski definition) is 3. The van der Waals surface area contributed by atoms with Crippen molar-refractivity contribution in [3.63, 3.8) is 0 Å². The molecular formula is C21H26N2O2. The number of carbonyl (C=O) groups excluding carboxylic acids is 1. The minimum atomic E-state index is 0.0887. The summed E-state index contributed by atoms with van der Waals surface area (Å²) in [5.74, 6) is 0.846. The molecule has 2 aliphatic rings. The Hall–Kier alpha value is -2.07. The molecule has 2 aromatic rings. The van der Waals surface area contributed by atoms with E-state index in [1.165, 1.54) is 31.1 Å². The number of amides is 1. The van der Waals surface area contributed by atoms with Gasteiger partial charge in [-0.15, -0.1) is 0 Å². The summed E-state index contributed by atoms with van der Waals surface area (Å²) in [6, 6.07) is 13.5. The highest BCUT2D eigenvalue weighted by Gasteiger charge is 2.32. The minimum absolute atomic E-state index is 0.0887. The maximum Gasteiger partial charge on any atom is 0.257 e. The fourth-order valence-corrected chi connectivity index (χ4v) is 4.01. The molecule has 1 amide bonds. The largest absolute Gasteiger partial charge is 0.472 e. The third-order valence-corrected chi connectivity index (χ3v) is 5.75. The Labute approximate surface area is 149 Å². The zero-order chi connectivity index (χ0) is 17.1. The van der Waals surface area contributed by atoms with Crippen molar-refractivity contribution in [3.8, 4) is 0 Å². The number of rotatable bonds is 5. The normalized spacial score (nSPS) is 20.2. The van der Waals surface area contributed by atoms with Crippen LogP contribution in [-0.4, -0.2) is 29.9 Å². The van der Waals surface area contributed by atoms with Crippen LogP contribution in [0.2, 0.25) is 0 Å². The van der Waals surface area contributed by atoms with Crippen LogP contribution in [0, 0.1) is 5.92 Å². The van der Waals surface area contributed by atoms with Crippen molar-refractivity contribution in [2.45, 2.75) is 44.2 Å². The van der Waals surface area contributed by atoms with E-state index in [1.54, 1.807) is 12.3 Å². The number of carbonyl (C=O) groups is 1. The van der Waals surface area contributed by atoms with Crippen molar-refractivity contribution in [1.82, 2.24) is 10.2 Å². The predicted octanol–water partition coefficient (Wildman–Crippen LogP) is 4.02. The van der Waals surface area contributed by atoms with Crippen molar-refractivity contribution in [2.24, 2.45) is 5.92 Å². The number of piperidine rings is 1. The summed E-state index contributed by atoms with van der Waals surface area (Å²) in [6.45, 7) is 1.63. The summed E-state index contributed by atoms with van der Waals surface area (Å²) in [4.78, 5) is 14.4. The fraction of sp³-hybridized carbons (Fsp3) is 0.476. The Bertz CT molecular complexity index is 671. The van der Waals surface area contributed by atoms with E-state index in [-0.39, 0.29) is 5.91 Å². The van der Waals surface area contributed by atoms with Crippen LogP contribution < -0.4 is 5.32 Å². The Morgan fingerprint density at radius 1 is 1.08 bits per heavy atom. The van der Waals surface area contributed by atoms with Gasteiger partial charge in [0, 0.05) is 25.2 Å². The molecular weight excluding hydrogens is 312 g/mol. The smallest absolute Gasteiger partial charge is 0.257 e. The standard InChI is InChI=1S/C21H26N2O2/c24-21(18-11-14-25-15-18)23-12-9-19(10-13-23)22-20(17-7-4-8-17)16-5-2-1-3-6-16/h1-3,5-6,11,14-15,17,19-20,22H,4,7-10,12-13H2. The average Bonchev–Trinajstić information content (AvgIpc) is 3.15. The van der Waals surface area contributed by atoms with E-state index in [4.69, 9.17) is 4.42 Å². The summed E-state index contributed by atoms with van der Waals surface area (Å²) in [7, 11) is 0. The van der Waals surface area contributed by atoms with Gasteiger partial charge in [0.05, 0.1) is 11.8 Å². The van der Waals surface area contributed by atoms with Gasteiger partial charge in [-0.25, -0.2) is 0 Å².